The summed E-state index contributed by atoms with van der Waals surface area (Å²) in [6.07, 6.45) is 2.87. The number of hydrogen-bond acceptors (Lipinski definition) is 6. The molecule has 1 N–H and O–H groups in total. The van der Waals surface area contributed by atoms with Crippen LogP contribution in [0.1, 0.15) is 25.1 Å². The third-order valence-corrected chi connectivity index (χ3v) is 5.20. The van der Waals surface area contributed by atoms with E-state index in [4.69, 9.17) is 0 Å². The van der Waals surface area contributed by atoms with Crippen molar-refractivity contribution in [1.82, 2.24) is 14.8 Å². The molecule has 1 atom stereocenters. The Hall–Kier alpha value is -0.690. The maximum Gasteiger partial charge on any atom is 0.185 e. The van der Waals surface area contributed by atoms with Crippen LogP contribution in [0.25, 0.3) is 0 Å². The van der Waals surface area contributed by atoms with Crippen LogP contribution >= 0.6 is 11.3 Å². The van der Waals surface area contributed by atoms with E-state index >= 15 is 0 Å². The molecule has 1 unspecified atom stereocenters. The number of thiazole rings is 1. The number of nitrogens with zero attached hydrogens (tertiary/aromatic N) is 4. The van der Waals surface area contributed by atoms with Gasteiger partial charge in [-0.05, 0) is 12.3 Å². The van der Waals surface area contributed by atoms with Gasteiger partial charge in [-0.15, -0.1) is 11.3 Å². The first-order valence-corrected chi connectivity index (χ1v) is 9.00. The van der Waals surface area contributed by atoms with Gasteiger partial charge in [-0.25, -0.2) is 4.98 Å². The average Bonchev–Trinajstić information content (AvgIpc) is 2.90. The monoisotopic (exact) mass is 326 g/mol. The van der Waals surface area contributed by atoms with Gasteiger partial charge in [0.1, 0.15) is 0 Å². The van der Waals surface area contributed by atoms with Gasteiger partial charge in [-0.1, -0.05) is 13.8 Å². The third kappa shape index (κ3) is 4.91. The average molecular weight is 327 g/mol. The van der Waals surface area contributed by atoms with E-state index in [0.717, 1.165) is 44.3 Å². The van der Waals surface area contributed by atoms with Crippen LogP contribution in [0.4, 0.5) is 5.13 Å². The first-order valence-electron chi connectivity index (χ1n) is 8.19. The number of anilines is 1. The van der Waals surface area contributed by atoms with Crippen LogP contribution in [0.15, 0.2) is 6.20 Å². The molecular weight excluding hydrogens is 296 g/mol. The zero-order valence-corrected chi connectivity index (χ0v) is 15.1. The molecule has 1 saturated heterocycles. The summed E-state index contributed by atoms with van der Waals surface area (Å²) in [5.74, 6) is 0.678. The van der Waals surface area contributed by atoms with Gasteiger partial charge in [0.05, 0.1) is 0 Å². The second-order valence-electron chi connectivity index (χ2n) is 6.79. The molecule has 1 aromatic rings. The van der Waals surface area contributed by atoms with E-state index in [9.17, 15) is 5.11 Å². The summed E-state index contributed by atoms with van der Waals surface area (Å²) in [6.45, 7) is 10.2. The highest BCUT2D eigenvalue weighted by molar-refractivity contribution is 7.15. The predicted octanol–water partition coefficient (Wildman–Crippen LogP) is 1.73. The molecule has 0 saturated carbocycles. The second-order valence-corrected chi connectivity index (χ2v) is 7.89. The van der Waals surface area contributed by atoms with E-state index in [2.05, 4.69) is 33.5 Å². The fourth-order valence-electron chi connectivity index (χ4n) is 3.03. The van der Waals surface area contributed by atoms with E-state index in [1.54, 1.807) is 11.3 Å². The SMILES string of the molecule is CC(C)CN1CCN(Cc2cnc(N(C)C)s2)CC1CCO. The molecule has 2 rings (SSSR count). The van der Waals surface area contributed by atoms with Crippen molar-refractivity contribution >= 4 is 16.5 Å². The zero-order chi connectivity index (χ0) is 16.1. The number of aliphatic hydroxyl groups excluding tert-OH is 1. The molecule has 1 aliphatic rings. The molecule has 0 aromatic carbocycles. The number of rotatable bonds is 7. The third-order valence-electron chi connectivity index (χ3n) is 4.05. The van der Waals surface area contributed by atoms with Gasteiger partial charge in [0.25, 0.3) is 0 Å². The van der Waals surface area contributed by atoms with Gasteiger partial charge in [0, 0.05) is 70.5 Å². The highest BCUT2D eigenvalue weighted by atomic mass is 32.1. The summed E-state index contributed by atoms with van der Waals surface area (Å²) in [5.41, 5.74) is 0. The Balaban J connectivity index is 1.92. The van der Waals surface area contributed by atoms with Crippen molar-refractivity contribution in [2.45, 2.75) is 32.9 Å². The minimum absolute atomic E-state index is 0.276. The minimum Gasteiger partial charge on any atom is -0.396 e. The molecule has 22 heavy (non-hydrogen) atoms. The zero-order valence-electron chi connectivity index (χ0n) is 14.3. The lowest BCUT2D eigenvalue weighted by Crippen LogP contribution is -2.53. The van der Waals surface area contributed by atoms with E-state index < -0.39 is 0 Å². The Morgan fingerprint density at radius 1 is 1.41 bits per heavy atom. The fourth-order valence-corrected chi connectivity index (χ4v) is 3.91. The summed E-state index contributed by atoms with van der Waals surface area (Å²) in [7, 11) is 4.06. The highest BCUT2D eigenvalue weighted by Gasteiger charge is 2.27. The van der Waals surface area contributed by atoms with Crippen LogP contribution in [-0.2, 0) is 6.54 Å². The van der Waals surface area contributed by atoms with Crippen LogP contribution in [0, 0.1) is 5.92 Å². The Morgan fingerprint density at radius 3 is 2.77 bits per heavy atom. The standard InChI is InChI=1S/C16H30N4OS/c1-13(2)10-20-7-6-19(11-14(20)5-8-21)12-15-9-17-16(22-15)18(3)4/h9,13-14,21H,5-8,10-12H2,1-4H3. The summed E-state index contributed by atoms with van der Waals surface area (Å²) in [4.78, 5) is 12.9. The van der Waals surface area contributed by atoms with Crippen molar-refractivity contribution in [3.05, 3.63) is 11.1 Å². The summed E-state index contributed by atoms with van der Waals surface area (Å²) in [5, 5.41) is 10.4. The number of aliphatic hydroxyl groups is 1. The molecule has 6 heteroatoms. The Labute approximate surface area is 138 Å². The Bertz CT molecular complexity index is 449. The van der Waals surface area contributed by atoms with Crippen molar-refractivity contribution in [3.8, 4) is 0 Å². The van der Waals surface area contributed by atoms with Crippen LogP contribution in [0.2, 0.25) is 0 Å². The first kappa shape index (κ1) is 17.7. The molecule has 1 fully saturated rings. The normalized spacial score (nSPS) is 20.7. The first-order chi connectivity index (χ1) is 10.5. The quantitative estimate of drug-likeness (QED) is 0.827. The van der Waals surface area contributed by atoms with Crippen molar-refractivity contribution < 1.29 is 5.11 Å². The maximum atomic E-state index is 9.35. The lowest BCUT2D eigenvalue weighted by molar-refractivity contribution is 0.0481. The summed E-state index contributed by atoms with van der Waals surface area (Å²) in [6, 6.07) is 0.474. The van der Waals surface area contributed by atoms with Crippen molar-refractivity contribution in [2.24, 2.45) is 5.92 Å². The van der Waals surface area contributed by atoms with Gasteiger partial charge in [-0.3, -0.25) is 9.80 Å². The number of piperazine rings is 1. The molecule has 5 nitrogen and oxygen atoms in total. The Kier molecular flexibility index (Phi) is 6.62. The molecule has 0 amide bonds. The van der Waals surface area contributed by atoms with Gasteiger partial charge in [-0.2, -0.15) is 0 Å². The van der Waals surface area contributed by atoms with Crippen molar-refractivity contribution in [3.63, 3.8) is 0 Å². The molecule has 0 radical (unpaired) electrons. The number of aromatic nitrogens is 1. The van der Waals surface area contributed by atoms with E-state index in [0.29, 0.717) is 12.0 Å². The molecule has 0 aliphatic carbocycles. The van der Waals surface area contributed by atoms with Crippen molar-refractivity contribution in [2.75, 3.05) is 51.8 Å². The van der Waals surface area contributed by atoms with Gasteiger partial charge in [0.2, 0.25) is 0 Å². The second kappa shape index (κ2) is 8.24. The van der Waals surface area contributed by atoms with Crippen molar-refractivity contribution in [1.29, 1.82) is 0 Å². The molecule has 1 aromatic heterocycles. The molecule has 1 aliphatic heterocycles. The van der Waals surface area contributed by atoms with Crippen LogP contribution in [-0.4, -0.2) is 72.8 Å². The molecular formula is C16H30N4OS. The molecule has 126 valence electrons. The summed E-state index contributed by atoms with van der Waals surface area (Å²) < 4.78 is 0. The summed E-state index contributed by atoms with van der Waals surface area (Å²) >= 11 is 1.77. The lowest BCUT2D eigenvalue weighted by atomic mass is 10.1. The molecule has 2 heterocycles. The minimum atomic E-state index is 0.276. The largest absolute Gasteiger partial charge is 0.396 e. The fraction of sp³-hybridized carbons (Fsp3) is 0.812. The topological polar surface area (TPSA) is 42.8 Å². The highest BCUT2D eigenvalue weighted by Crippen LogP contribution is 2.23. The van der Waals surface area contributed by atoms with Crippen LogP contribution < -0.4 is 4.90 Å². The van der Waals surface area contributed by atoms with Gasteiger partial charge >= 0.3 is 0 Å². The number of hydrogen-bond donors (Lipinski definition) is 1. The predicted molar refractivity (Wildman–Crippen MR) is 93.6 cm³/mol. The van der Waals surface area contributed by atoms with E-state index in [1.165, 1.54) is 4.88 Å². The van der Waals surface area contributed by atoms with Gasteiger partial charge < -0.3 is 10.0 Å². The van der Waals surface area contributed by atoms with Crippen LogP contribution in [0.3, 0.4) is 0 Å². The molecule has 0 spiro atoms. The molecule has 0 bridgehead atoms. The Morgan fingerprint density at radius 2 is 2.18 bits per heavy atom. The smallest absolute Gasteiger partial charge is 0.185 e. The van der Waals surface area contributed by atoms with Crippen LogP contribution in [0.5, 0.6) is 0 Å². The van der Waals surface area contributed by atoms with Gasteiger partial charge in [0.15, 0.2) is 5.13 Å². The lowest BCUT2D eigenvalue weighted by Gasteiger charge is -2.42. The van der Waals surface area contributed by atoms with E-state index in [-0.39, 0.29) is 6.61 Å². The van der Waals surface area contributed by atoms with E-state index in [1.807, 2.05) is 20.3 Å². The maximum absolute atomic E-state index is 9.35.